The summed E-state index contributed by atoms with van der Waals surface area (Å²) >= 11 is 1.30. The van der Waals surface area contributed by atoms with Crippen molar-refractivity contribution in [2.75, 3.05) is 6.54 Å². The topological polar surface area (TPSA) is 70.6 Å². The van der Waals surface area contributed by atoms with Crippen LogP contribution in [0.3, 0.4) is 0 Å². The molecule has 6 heteroatoms. The summed E-state index contributed by atoms with van der Waals surface area (Å²) in [6.07, 6.45) is 0.927. The van der Waals surface area contributed by atoms with E-state index in [0.29, 0.717) is 11.7 Å². The summed E-state index contributed by atoms with van der Waals surface area (Å²) in [5.74, 6) is -0.289. The van der Waals surface area contributed by atoms with E-state index in [9.17, 15) is 9.59 Å². The lowest BCUT2D eigenvalue weighted by molar-refractivity contribution is -0.125. The van der Waals surface area contributed by atoms with Crippen molar-refractivity contribution < 1.29 is 9.59 Å². The van der Waals surface area contributed by atoms with Crippen LogP contribution in [0, 0.1) is 0 Å². The molecule has 1 fully saturated rings. The van der Waals surface area contributed by atoms with Crippen LogP contribution in [0.2, 0.25) is 0 Å². The number of nitrogens with zero attached hydrogens (tertiary/aromatic N) is 1. The number of thioether (sulfide) groups is 1. The third-order valence-corrected chi connectivity index (χ3v) is 4.79. The fourth-order valence-corrected chi connectivity index (χ4v) is 3.43. The summed E-state index contributed by atoms with van der Waals surface area (Å²) in [7, 11) is 0. The van der Waals surface area contributed by atoms with Gasteiger partial charge in [-0.3, -0.25) is 9.59 Å². The van der Waals surface area contributed by atoms with Gasteiger partial charge in [0.1, 0.15) is 5.25 Å². The number of aliphatic imine (C=N–C) groups is 1. The van der Waals surface area contributed by atoms with Crippen molar-refractivity contribution in [3.8, 4) is 0 Å². The van der Waals surface area contributed by atoms with Gasteiger partial charge in [0, 0.05) is 13.0 Å². The molecule has 1 saturated heterocycles. The number of amides is 2. The van der Waals surface area contributed by atoms with Gasteiger partial charge in [-0.25, -0.2) is 4.99 Å². The number of nitrogens with one attached hydrogen (secondary N) is 2. The van der Waals surface area contributed by atoms with Crippen LogP contribution in [0.25, 0.3) is 0 Å². The molecule has 2 amide bonds. The standard InChI is InChI=1S/C19H19N3O2S/c23-17(20-12-11-14-7-3-1-4-8-14)13-16-18(24)22-19(25-16)21-15-9-5-2-6-10-15/h1-10,16H,11-13H2,(H,20,23)(H,21,22,24)/t16-/m1/s1. The van der Waals surface area contributed by atoms with E-state index in [4.69, 9.17) is 0 Å². The van der Waals surface area contributed by atoms with E-state index in [1.165, 1.54) is 17.3 Å². The Hall–Kier alpha value is -2.60. The number of para-hydroxylation sites is 1. The van der Waals surface area contributed by atoms with Crippen LogP contribution in [0.15, 0.2) is 65.7 Å². The first kappa shape index (κ1) is 17.2. The van der Waals surface area contributed by atoms with Gasteiger partial charge in [0.2, 0.25) is 11.8 Å². The molecule has 128 valence electrons. The Labute approximate surface area is 150 Å². The Morgan fingerprint density at radius 3 is 2.48 bits per heavy atom. The van der Waals surface area contributed by atoms with Crippen LogP contribution in [0.4, 0.5) is 5.69 Å². The maximum absolute atomic E-state index is 12.1. The molecule has 5 nitrogen and oxygen atoms in total. The highest BCUT2D eigenvalue weighted by Gasteiger charge is 2.31. The number of amidine groups is 1. The first-order valence-corrected chi connectivity index (χ1v) is 9.00. The second-order valence-electron chi connectivity index (χ2n) is 5.64. The van der Waals surface area contributed by atoms with Crippen LogP contribution in [0.5, 0.6) is 0 Å². The first-order chi connectivity index (χ1) is 12.2. The van der Waals surface area contributed by atoms with E-state index in [-0.39, 0.29) is 18.2 Å². The van der Waals surface area contributed by atoms with E-state index < -0.39 is 5.25 Å². The fraction of sp³-hybridized carbons (Fsp3) is 0.211. The number of benzene rings is 2. The van der Waals surface area contributed by atoms with Crippen molar-refractivity contribution in [3.05, 3.63) is 66.2 Å². The quantitative estimate of drug-likeness (QED) is 0.839. The zero-order chi connectivity index (χ0) is 17.5. The zero-order valence-electron chi connectivity index (χ0n) is 13.6. The molecule has 1 atom stereocenters. The molecule has 0 bridgehead atoms. The molecule has 0 saturated carbocycles. The van der Waals surface area contributed by atoms with Crippen LogP contribution in [-0.4, -0.2) is 28.8 Å². The third-order valence-electron chi connectivity index (χ3n) is 3.71. The van der Waals surface area contributed by atoms with Gasteiger partial charge >= 0.3 is 0 Å². The molecular formula is C19H19N3O2S. The summed E-state index contributed by atoms with van der Waals surface area (Å²) in [5.41, 5.74) is 1.95. The molecule has 0 radical (unpaired) electrons. The predicted octanol–water partition coefficient (Wildman–Crippen LogP) is 2.65. The number of rotatable bonds is 6. The molecule has 0 aliphatic carbocycles. The Morgan fingerprint density at radius 2 is 1.76 bits per heavy atom. The molecule has 1 aliphatic heterocycles. The molecule has 0 spiro atoms. The molecule has 2 aromatic rings. The van der Waals surface area contributed by atoms with E-state index in [0.717, 1.165) is 12.1 Å². The summed E-state index contributed by atoms with van der Waals surface area (Å²) in [6.45, 7) is 0.562. The van der Waals surface area contributed by atoms with Crippen molar-refractivity contribution >= 4 is 34.4 Å². The van der Waals surface area contributed by atoms with Gasteiger partial charge in [-0.05, 0) is 24.1 Å². The van der Waals surface area contributed by atoms with E-state index in [1.807, 2.05) is 60.7 Å². The number of hydrogen-bond acceptors (Lipinski definition) is 4. The van der Waals surface area contributed by atoms with Crippen LogP contribution in [0.1, 0.15) is 12.0 Å². The van der Waals surface area contributed by atoms with Gasteiger partial charge in [0.25, 0.3) is 0 Å². The highest BCUT2D eigenvalue weighted by Crippen LogP contribution is 2.24. The lowest BCUT2D eigenvalue weighted by Gasteiger charge is -2.07. The fourth-order valence-electron chi connectivity index (χ4n) is 2.44. The van der Waals surface area contributed by atoms with Gasteiger partial charge in [-0.1, -0.05) is 60.3 Å². The zero-order valence-corrected chi connectivity index (χ0v) is 14.5. The van der Waals surface area contributed by atoms with Gasteiger partial charge < -0.3 is 10.6 Å². The monoisotopic (exact) mass is 353 g/mol. The molecule has 25 heavy (non-hydrogen) atoms. The molecule has 2 aromatic carbocycles. The molecule has 3 rings (SSSR count). The Morgan fingerprint density at radius 1 is 1.08 bits per heavy atom. The summed E-state index contributed by atoms with van der Waals surface area (Å²) in [4.78, 5) is 28.5. The number of carbonyl (C=O) groups excluding carboxylic acids is 2. The second kappa shape index (κ2) is 8.48. The highest BCUT2D eigenvalue weighted by molar-refractivity contribution is 8.15. The van der Waals surface area contributed by atoms with E-state index >= 15 is 0 Å². The van der Waals surface area contributed by atoms with Crippen LogP contribution < -0.4 is 10.6 Å². The third kappa shape index (κ3) is 5.19. The maximum atomic E-state index is 12.1. The molecular weight excluding hydrogens is 334 g/mol. The minimum atomic E-state index is -0.431. The van der Waals surface area contributed by atoms with E-state index in [2.05, 4.69) is 15.6 Å². The van der Waals surface area contributed by atoms with Crippen molar-refractivity contribution in [2.24, 2.45) is 4.99 Å². The van der Waals surface area contributed by atoms with Crippen molar-refractivity contribution in [3.63, 3.8) is 0 Å². The Balaban J connectivity index is 1.47. The summed E-state index contributed by atoms with van der Waals surface area (Å²) < 4.78 is 0. The predicted molar refractivity (Wildman–Crippen MR) is 101 cm³/mol. The molecule has 0 unspecified atom stereocenters. The van der Waals surface area contributed by atoms with Crippen molar-refractivity contribution in [2.45, 2.75) is 18.1 Å². The molecule has 1 heterocycles. The molecule has 1 aliphatic rings. The van der Waals surface area contributed by atoms with Crippen LogP contribution >= 0.6 is 11.8 Å². The van der Waals surface area contributed by atoms with Crippen molar-refractivity contribution in [1.29, 1.82) is 0 Å². The molecule has 2 N–H and O–H groups in total. The minimum absolute atomic E-state index is 0.121. The molecule has 0 aromatic heterocycles. The lowest BCUT2D eigenvalue weighted by Crippen LogP contribution is -2.32. The van der Waals surface area contributed by atoms with Gasteiger partial charge in [0.15, 0.2) is 5.17 Å². The first-order valence-electron chi connectivity index (χ1n) is 8.12. The van der Waals surface area contributed by atoms with Gasteiger partial charge in [-0.15, -0.1) is 0 Å². The minimum Gasteiger partial charge on any atom is -0.356 e. The average molecular weight is 353 g/mol. The van der Waals surface area contributed by atoms with Crippen molar-refractivity contribution in [1.82, 2.24) is 10.6 Å². The summed E-state index contributed by atoms with van der Waals surface area (Å²) in [5, 5.41) is 5.71. The Bertz CT molecular complexity index is 763. The largest absolute Gasteiger partial charge is 0.356 e. The van der Waals surface area contributed by atoms with E-state index in [1.54, 1.807) is 0 Å². The summed E-state index contributed by atoms with van der Waals surface area (Å²) in [6, 6.07) is 19.4. The Kier molecular flexibility index (Phi) is 5.85. The normalized spacial score (nSPS) is 18.2. The van der Waals surface area contributed by atoms with Crippen LogP contribution in [-0.2, 0) is 16.0 Å². The SMILES string of the molecule is O=C(C[C@H]1SC(=Nc2ccccc2)NC1=O)NCCc1ccccc1. The highest BCUT2D eigenvalue weighted by atomic mass is 32.2. The number of carbonyl (C=O) groups is 2. The van der Waals surface area contributed by atoms with Gasteiger partial charge in [-0.2, -0.15) is 0 Å². The maximum Gasteiger partial charge on any atom is 0.240 e. The van der Waals surface area contributed by atoms with Gasteiger partial charge in [0.05, 0.1) is 5.69 Å². The average Bonchev–Trinajstić information content (AvgIpc) is 2.96. The lowest BCUT2D eigenvalue weighted by atomic mass is 10.1. The smallest absolute Gasteiger partial charge is 0.240 e. The number of hydrogen-bond donors (Lipinski definition) is 2. The second-order valence-corrected chi connectivity index (χ2v) is 6.83.